The van der Waals surface area contributed by atoms with E-state index in [-0.39, 0.29) is 81.9 Å². The number of hydrogen-bond acceptors (Lipinski definition) is 25. The van der Waals surface area contributed by atoms with Crippen LogP contribution in [0.2, 0.25) is 0 Å². The fourth-order valence-electron chi connectivity index (χ4n) is 16.2. The van der Waals surface area contributed by atoms with Crippen LogP contribution in [-0.4, -0.2) is 249 Å². The first-order chi connectivity index (χ1) is 58.9. The van der Waals surface area contributed by atoms with E-state index >= 15 is 9.59 Å². The van der Waals surface area contributed by atoms with Gasteiger partial charge < -0.3 is 103 Å². The summed E-state index contributed by atoms with van der Waals surface area (Å²) in [4.78, 5) is 199. The van der Waals surface area contributed by atoms with Crippen LogP contribution >= 0.6 is 11.8 Å². The Bertz CT molecular complexity index is 4000. The number of phenols is 1. The zero-order valence-electron chi connectivity index (χ0n) is 72.2. The number of fused-ring (bicyclic) bond motifs is 2. The number of aliphatic hydroxyl groups excluding tert-OH is 8. The predicted molar refractivity (Wildman–Crippen MR) is 459 cm³/mol. The van der Waals surface area contributed by atoms with E-state index in [1.807, 2.05) is 20.1 Å². The summed E-state index contributed by atoms with van der Waals surface area (Å²) in [7, 11) is 0. The van der Waals surface area contributed by atoms with Crippen molar-refractivity contribution in [2.45, 2.75) is 300 Å². The number of hydrogen-bond donors (Lipinski definition) is 17. The molecule has 0 saturated carbocycles. The first kappa shape index (κ1) is 103. The van der Waals surface area contributed by atoms with Crippen molar-refractivity contribution in [2.75, 3.05) is 30.4 Å². The SMILES string of the molecule is CC[C@H](C)C[C@H](C)CCCCCCCCC(=O)C[C@H]1C[C@@H](O)[C@@H](O)NC(=O)[C@@H]2[C@@H](O)CCN2C(=O)[C@H]([C@H](O)CC(N)=O)NC(=O)[C@H]([C@H](O)[C@@H](O)c2ccc(O)c(NC(=O)[C@H](CCCCCC(=O)[C@H](Cc3ccccc3)NC(=O)[C@@H](CC(=O)[C@H](CCSC)NC=O)CC(C)C)NC(=O)OCc3ccccc3)c2)CC(=O)[C@@H]2C[C@@H](O)CN2C(=O)[C@H]([C@@H](C)O)NC1=O. The predicted octanol–water partition coefficient (Wildman–Crippen LogP) is 3.81. The molecule has 0 aliphatic carbocycles. The third-order valence-corrected chi connectivity index (χ3v) is 24.0. The van der Waals surface area contributed by atoms with Crippen LogP contribution in [0.1, 0.15) is 218 Å². The van der Waals surface area contributed by atoms with Gasteiger partial charge in [-0.05, 0) is 123 Å². The Balaban J connectivity index is 1.28. The number of amides is 10. The number of phenolic OH excluding ortho intramolecular Hbond substituents is 1. The van der Waals surface area contributed by atoms with Crippen LogP contribution in [-0.2, 0) is 80.1 Å². The van der Waals surface area contributed by atoms with Crippen LogP contribution in [0.25, 0.3) is 0 Å². The molecule has 3 saturated heterocycles. The van der Waals surface area contributed by atoms with Gasteiger partial charge in [0.05, 0.1) is 72.8 Å². The summed E-state index contributed by atoms with van der Waals surface area (Å²) < 4.78 is 5.48. The molecule has 3 fully saturated rings. The molecule has 0 radical (unpaired) electrons. The maximum Gasteiger partial charge on any atom is 0.408 e. The Morgan fingerprint density at radius 3 is 1.93 bits per heavy atom. The van der Waals surface area contributed by atoms with E-state index < -0.39 is 236 Å². The van der Waals surface area contributed by atoms with Crippen molar-refractivity contribution in [3.05, 3.63) is 95.6 Å². The van der Waals surface area contributed by atoms with Crippen LogP contribution in [0, 0.1) is 35.5 Å². The van der Waals surface area contributed by atoms with E-state index in [2.05, 4.69) is 58.0 Å². The molecule has 20 atom stereocenters. The largest absolute Gasteiger partial charge is 0.506 e. The zero-order valence-corrected chi connectivity index (χ0v) is 73.1. The fourth-order valence-corrected chi connectivity index (χ4v) is 16.6. The smallest absolute Gasteiger partial charge is 0.408 e. The lowest BCUT2D eigenvalue weighted by atomic mass is 9.86. The van der Waals surface area contributed by atoms with Crippen molar-refractivity contribution in [1.82, 2.24) is 41.7 Å². The lowest BCUT2D eigenvalue weighted by Crippen LogP contribution is -2.61. The van der Waals surface area contributed by atoms with Gasteiger partial charge in [0.2, 0.25) is 53.7 Å². The highest BCUT2D eigenvalue weighted by Crippen LogP contribution is 2.35. The summed E-state index contributed by atoms with van der Waals surface area (Å²) in [6.45, 7) is 10.1. The summed E-state index contributed by atoms with van der Waals surface area (Å²) in [6.07, 6.45) is -11.0. The number of aromatic hydroxyl groups is 1. The standard InChI is InChI=1S/C89H132N10O24S/c1-8-52(4)39-53(5)24-16-11-9-10-12-21-29-60(102)41-59-44-74(110)85(118)97-86(119)78-70(106)34-36-98(78)88(121)77(73(109)47-75(90)111)96-83(116)62(46-72(108)67-45-61(103)48-99(67)87(120)76(54(6)101)95-82(59)115)80(113)79(112)57-32-33-69(105)66(42-57)93-84(117)64(94-89(122)123-49-56-27-19-14-20-28-56)30-22-15-23-31-68(104)65(40-55-25-17-13-18-26-55)92-81(114)58(38-51(2)3)43-71(107)63(91-50-100)35-37-124-7/h13-14,17-20,25-28,32-33,42,50-54,58-59,61-65,67,70,73-74,76-80,85,101,103,105-106,109-110,112-113,118H,8-12,15-16,21-24,29-31,34-41,43-49H2,1-7H3,(H2,90,111)(H,91,100)(H,92,114)(H,93,117)(H,94,122)(H,95,115)(H,96,116)(H,97,119)/t52-,53+,54+,58+,59-,61+,62-,63-,64-,65-,67-,70-,73+,74+,76-,77-,78-,79-,80-,85+/m0/s1. The molecule has 34 nitrogen and oxygen atoms in total. The number of primary amides is 1. The number of unbranched alkanes of at least 4 members (excludes halogenated alkanes) is 7. The summed E-state index contributed by atoms with van der Waals surface area (Å²) in [5, 5.41) is 122. The molecule has 124 heavy (non-hydrogen) atoms. The number of ketones is 4. The number of nitrogens with zero attached hydrogens (tertiary/aromatic N) is 2. The van der Waals surface area contributed by atoms with Gasteiger partial charge in [-0.2, -0.15) is 11.8 Å². The van der Waals surface area contributed by atoms with Gasteiger partial charge in [0.1, 0.15) is 48.4 Å². The van der Waals surface area contributed by atoms with Crippen molar-refractivity contribution in [2.24, 2.45) is 41.2 Å². The van der Waals surface area contributed by atoms with Gasteiger partial charge in [-0.1, -0.05) is 159 Å². The van der Waals surface area contributed by atoms with Crippen molar-refractivity contribution >= 4 is 100 Å². The second kappa shape index (κ2) is 52.6. The number of rotatable bonds is 47. The maximum absolute atomic E-state index is 15.2. The molecule has 6 rings (SSSR count). The van der Waals surface area contributed by atoms with Crippen LogP contribution in [0.3, 0.4) is 0 Å². The van der Waals surface area contributed by atoms with Gasteiger partial charge in [0, 0.05) is 63.5 Å². The van der Waals surface area contributed by atoms with Gasteiger partial charge in [-0.15, -0.1) is 0 Å². The molecule has 3 aromatic rings. The molecule has 10 amide bonds. The number of carbonyl (C=O) groups excluding carboxylic acids is 14. The van der Waals surface area contributed by atoms with Crippen molar-refractivity contribution in [3.63, 3.8) is 0 Å². The highest BCUT2D eigenvalue weighted by Gasteiger charge is 2.50. The van der Waals surface area contributed by atoms with Gasteiger partial charge in [-0.3, -0.25) is 62.3 Å². The minimum atomic E-state index is -2.56. The molecule has 3 aliphatic rings. The van der Waals surface area contributed by atoms with Crippen LogP contribution in [0.5, 0.6) is 5.75 Å². The van der Waals surface area contributed by atoms with Crippen molar-refractivity contribution in [3.8, 4) is 5.75 Å². The van der Waals surface area contributed by atoms with Gasteiger partial charge in [-0.25, -0.2) is 4.79 Å². The van der Waals surface area contributed by atoms with Gasteiger partial charge in [0.25, 0.3) is 0 Å². The third-order valence-electron chi connectivity index (χ3n) is 23.4. The molecule has 0 unspecified atom stereocenters. The Morgan fingerprint density at radius 1 is 0.653 bits per heavy atom. The van der Waals surface area contributed by atoms with Gasteiger partial charge >= 0.3 is 6.09 Å². The van der Waals surface area contributed by atoms with Crippen LogP contribution < -0.4 is 43.0 Å². The topological polar surface area (TPSA) is 547 Å². The van der Waals surface area contributed by atoms with Crippen LogP contribution in [0.15, 0.2) is 78.9 Å². The van der Waals surface area contributed by atoms with Crippen LogP contribution in [0.4, 0.5) is 10.5 Å². The Hall–Kier alpha value is -9.33. The normalized spacial score (nSPS) is 23.1. The molecule has 18 N–H and O–H groups in total. The first-order valence-electron chi connectivity index (χ1n) is 43.4. The fraction of sp³-hybridized carbons (Fsp3) is 0.640. The van der Waals surface area contributed by atoms with E-state index in [0.29, 0.717) is 60.1 Å². The molecule has 3 aromatic carbocycles. The van der Waals surface area contributed by atoms with Crippen molar-refractivity contribution in [1.29, 1.82) is 0 Å². The summed E-state index contributed by atoms with van der Waals surface area (Å²) in [5.74, 6) is -15.3. The molecule has 3 heterocycles. The number of carbonyl (C=O) groups is 14. The Morgan fingerprint density at radius 2 is 1.28 bits per heavy atom. The minimum absolute atomic E-state index is 0.0224. The number of anilines is 1. The molecule has 688 valence electrons. The van der Waals surface area contributed by atoms with E-state index in [4.69, 9.17) is 10.5 Å². The third kappa shape index (κ3) is 33.2. The first-order valence-corrected chi connectivity index (χ1v) is 44.8. The van der Waals surface area contributed by atoms with Crippen molar-refractivity contribution < 1.29 is 118 Å². The summed E-state index contributed by atoms with van der Waals surface area (Å²) in [5.41, 5.74) is 5.91. The average molecular weight is 1760 g/mol. The number of nitrogens with two attached hydrogens (primary N) is 1. The lowest BCUT2D eigenvalue weighted by molar-refractivity contribution is -0.150. The number of nitrogens with one attached hydrogen (secondary N) is 7. The molecule has 0 spiro atoms. The Labute approximate surface area is 729 Å². The second-order valence-electron chi connectivity index (χ2n) is 34.1. The van der Waals surface area contributed by atoms with E-state index in [1.54, 1.807) is 60.7 Å². The highest BCUT2D eigenvalue weighted by atomic mass is 32.2. The highest BCUT2D eigenvalue weighted by molar-refractivity contribution is 7.98. The summed E-state index contributed by atoms with van der Waals surface area (Å²) in [6, 6.07) is 8.94. The van der Waals surface area contributed by atoms with E-state index in [1.165, 1.54) is 11.8 Å². The Kier molecular flexibility index (Phi) is 43.9. The molecule has 3 aliphatic heterocycles. The zero-order chi connectivity index (χ0) is 91.4. The number of benzene rings is 3. The number of alkyl carbamates (subject to hydrolysis) is 1. The minimum Gasteiger partial charge on any atom is -0.506 e. The lowest BCUT2D eigenvalue weighted by Gasteiger charge is -2.34. The molecular formula is C89H132N10O24S. The average Bonchev–Trinajstić information content (AvgIpc) is 1.56. The quantitative estimate of drug-likeness (QED) is 0.0217. The second-order valence-corrected chi connectivity index (χ2v) is 35.0. The molecule has 35 heteroatoms. The van der Waals surface area contributed by atoms with Gasteiger partial charge in [0.15, 0.2) is 23.6 Å². The molecular weight excluding hydrogens is 1630 g/mol. The maximum atomic E-state index is 15.2. The monoisotopic (exact) mass is 1760 g/mol. The number of ether oxygens (including phenoxy) is 1. The molecule has 0 bridgehead atoms. The summed E-state index contributed by atoms with van der Waals surface area (Å²) >= 11 is 1.50. The van der Waals surface area contributed by atoms with E-state index in [0.717, 1.165) is 80.5 Å². The number of aliphatic hydroxyl groups is 8. The molecule has 0 aromatic heterocycles. The number of thioether (sulfide) groups is 1. The van der Waals surface area contributed by atoms with E-state index in [9.17, 15) is 103 Å². The number of Topliss-reactive ketones (excluding diaryl/α,β-unsaturated/α-hetero) is 4.